The smallest absolute Gasteiger partial charge is 0.407 e. The van der Waals surface area contributed by atoms with Crippen molar-refractivity contribution in [2.45, 2.75) is 39.3 Å². The molecular formula is C20H34N6O3. The first-order valence-electron chi connectivity index (χ1n) is 10.1. The van der Waals surface area contributed by atoms with Crippen LogP contribution in [0.4, 0.5) is 10.6 Å². The summed E-state index contributed by atoms with van der Waals surface area (Å²) in [6.45, 7) is 10.5. The minimum Gasteiger partial charge on any atom is -0.444 e. The van der Waals surface area contributed by atoms with Crippen molar-refractivity contribution in [1.29, 1.82) is 0 Å². The Bertz CT molecular complexity index is 668. The number of guanidine groups is 1. The van der Waals surface area contributed by atoms with Gasteiger partial charge in [-0.1, -0.05) is 6.07 Å². The van der Waals surface area contributed by atoms with E-state index in [4.69, 9.17) is 9.47 Å². The molecule has 3 N–H and O–H groups in total. The number of hydrogen-bond acceptors (Lipinski definition) is 6. The average Bonchev–Trinajstić information content (AvgIpc) is 2.69. The predicted molar refractivity (Wildman–Crippen MR) is 114 cm³/mol. The second-order valence-electron chi connectivity index (χ2n) is 7.72. The van der Waals surface area contributed by atoms with E-state index in [0.717, 1.165) is 44.1 Å². The Hall–Kier alpha value is -2.55. The number of pyridine rings is 1. The molecule has 9 heteroatoms. The van der Waals surface area contributed by atoms with Crippen molar-refractivity contribution in [3.63, 3.8) is 0 Å². The number of morpholine rings is 1. The van der Waals surface area contributed by atoms with Gasteiger partial charge in [0.05, 0.1) is 13.2 Å². The molecule has 162 valence electrons. The highest BCUT2D eigenvalue weighted by Gasteiger charge is 2.16. The van der Waals surface area contributed by atoms with Crippen LogP contribution in [0.2, 0.25) is 0 Å². The van der Waals surface area contributed by atoms with Crippen LogP contribution in [0.15, 0.2) is 23.3 Å². The normalized spacial score (nSPS) is 15.0. The summed E-state index contributed by atoms with van der Waals surface area (Å²) in [5.41, 5.74) is 0.629. The Morgan fingerprint density at radius 1 is 1.24 bits per heavy atom. The Balaban J connectivity index is 1.72. The number of hydrogen-bond donors (Lipinski definition) is 3. The third-order valence-corrected chi connectivity index (χ3v) is 4.16. The van der Waals surface area contributed by atoms with Gasteiger partial charge in [0.2, 0.25) is 0 Å². The lowest BCUT2D eigenvalue weighted by Gasteiger charge is -2.29. The zero-order valence-corrected chi connectivity index (χ0v) is 18.0. The van der Waals surface area contributed by atoms with E-state index in [2.05, 4.69) is 36.9 Å². The number of aliphatic imine (C=N–C) groups is 1. The molecule has 0 spiro atoms. The maximum Gasteiger partial charge on any atom is 0.407 e. The van der Waals surface area contributed by atoms with Gasteiger partial charge in [-0.15, -0.1) is 0 Å². The Morgan fingerprint density at radius 2 is 1.97 bits per heavy atom. The topological polar surface area (TPSA) is 100 Å². The molecule has 0 unspecified atom stereocenters. The van der Waals surface area contributed by atoms with E-state index in [1.807, 2.05) is 33.0 Å². The van der Waals surface area contributed by atoms with E-state index >= 15 is 0 Å². The lowest BCUT2D eigenvalue weighted by atomic mass is 10.2. The number of anilines is 1. The molecule has 1 fully saturated rings. The first-order chi connectivity index (χ1) is 13.9. The molecule has 0 radical (unpaired) electrons. The van der Waals surface area contributed by atoms with Crippen molar-refractivity contribution in [1.82, 2.24) is 20.9 Å². The van der Waals surface area contributed by atoms with Crippen molar-refractivity contribution in [3.8, 4) is 0 Å². The van der Waals surface area contributed by atoms with Gasteiger partial charge in [-0.2, -0.15) is 0 Å². The van der Waals surface area contributed by atoms with Gasteiger partial charge in [-0.05, 0) is 33.3 Å². The number of carbonyl (C=O) groups excluding carboxylic acids is 1. The highest BCUT2D eigenvalue weighted by molar-refractivity contribution is 5.79. The molecule has 1 saturated heterocycles. The van der Waals surface area contributed by atoms with Crippen molar-refractivity contribution < 1.29 is 14.3 Å². The van der Waals surface area contributed by atoms with Gasteiger partial charge in [0.15, 0.2) is 5.96 Å². The van der Waals surface area contributed by atoms with E-state index < -0.39 is 11.7 Å². The summed E-state index contributed by atoms with van der Waals surface area (Å²) in [4.78, 5) is 22.7. The number of nitrogens with zero attached hydrogens (tertiary/aromatic N) is 3. The van der Waals surface area contributed by atoms with Gasteiger partial charge < -0.3 is 30.3 Å². The molecule has 1 aromatic heterocycles. The molecule has 0 aromatic carbocycles. The number of amides is 1. The number of carbonyl (C=O) groups is 1. The molecule has 0 bridgehead atoms. The van der Waals surface area contributed by atoms with Crippen LogP contribution < -0.4 is 20.9 Å². The van der Waals surface area contributed by atoms with Crippen LogP contribution in [0, 0.1) is 0 Å². The van der Waals surface area contributed by atoms with E-state index in [9.17, 15) is 4.79 Å². The largest absolute Gasteiger partial charge is 0.444 e. The van der Waals surface area contributed by atoms with Crippen molar-refractivity contribution >= 4 is 17.9 Å². The highest BCUT2D eigenvalue weighted by Crippen LogP contribution is 2.18. The zero-order valence-electron chi connectivity index (χ0n) is 18.0. The summed E-state index contributed by atoms with van der Waals surface area (Å²) >= 11 is 0. The number of rotatable bonds is 7. The fraction of sp³-hybridized carbons (Fsp3) is 0.650. The molecule has 0 atom stereocenters. The van der Waals surface area contributed by atoms with Crippen LogP contribution in [0.25, 0.3) is 0 Å². The zero-order chi connectivity index (χ0) is 21.1. The summed E-state index contributed by atoms with van der Waals surface area (Å²) in [7, 11) is 1.74. The van der Waals surface area contributed by atoms with Gasteiger partial charge >= 0.3 is 6.09 Å². The number of ether oxygens (including phenoxy) is 2. The molecule has 1 aliphatic rings. The molecule has 1 aromatic rings. The van der Waals surface area contributed by atoms with Crippen LogP contribution in [-0.2, 0) is 16.0 Å². The molecule has 0 saturated carbocycles. The molecular weight excluding hydrogens is 372 g/mol. The van der Waals surface area contributed by atoms with E-state index in [-0.39, 0.29) is 0 Å². The Labute approximate surface area is 173 Å². The number of alkyl carbamates (subject to hydrolysis) is 1. The lowest BCUT2D eigenvalue weighted by molar-refractivity contribution is 0.0527. The van der Waals surface area contributed by atoms with Gasteiger partial charge in [0.1, 0.15) is 11.4 Å². The van der Waals surface area contributed by atoms with Crippen LogP contribution in [0.1, 0.15) is 32.8 Å². The summed E-state index contributed by atoms with van der Waals surface area (Å²) < 4.78 is 10.6. The van der Waals surface area contributed by atoms with Gasteiger partial charge in [-0.25, -0.2) is 9.78 Å². The molecule has 2 rings (SSSR count). The second kappa shape index (κ2) is 11.5. The second-order valence-corrected chi connectivity index (χ2v) is 7.72. The molecule has 1 amide bonds. The maximum atomic E-state index is 11.6. The molecule has 1 aliphatic heterocycles. The third kappa shape index (κ3) is 8.55. The van der Waals surface area contributed by atoms with E-state index in [1.54, 1.807) is 7.05 Å². The summed E-state index contributed by atoms with van der Waals surface area (Å²) in [6.07, 6.45) is 2.18. The van der Waals surface area contributed by atoms with E-state index in [1.165, 1.54) is 0 Å². The minimum absolute atomic E-state index is 0.396. The molecule has 9 nitrogen and oxygen atoms in total. The summed E-state index contributed by atoms with van der Waals surface area (Å²) in [6, 6.07) is 4.02. The van der Waals surface area contributed by atoms with Gasteiger partial charge in [0, 0.05) is 51.5 Å². The monoisotopic (exact) mass is 406 g/mol. The predicted octanol–water partition coefficient (Wildman–Crippen LogP) is 1.50. The van der Waals surface area contributed by atoms with E-state index in [0.29, 0.717) is 25.6 Å². The quantitative estimate of drug-likeness (QED) is 0.358. The number of aromatic nitrogens is 1. The average molecular weight is 407 g/mol. The Morgan fingerprint density at radius 3 is 2.66 bits per heavy atom. The first kappa shape index (κ1) is 22.7. The van der Waals surface area contributed by atoms with Crippen LogP contribution in [-0.4, -0.2) is 69.1 Å². The molecule has 2 heterocycles. The fourth-order valence-electron chi connectivity index (χ4n) is 2.83. The standard InChI is InChI=1S/C20H34N6O3/c1-20(2,3)29-19(27)24-10-6-9-23-18(21-4)25-15-16-7-5-8-22-17(16)26-11-13-28-14-12-26/h5,7-8H,6,9-15H2,1-4H3,(H,24,27)(H2,21,23,25). The molecule has 0 aliphatic carbocycles. The SMILES string of the molecule is CN=C(NCCCNC(=O)OC(C)(C)C)NCc1cccnc1N1CCOCC1. The molecule has 29 heavy (non-hydrogen) atoms. The lowest BCUT2D eigenvalue weighted by Crippen LogP contribution is -2.40. The van der Waals surface area contributed by atoms with Crippen LogP contribution in [0.3, 0.4) is 0 Å². The maximum absolute atomic E-state index is 11.6. The third-order valence-electron chi connectivity index (χ3n) is 4.16. The highest BCUT2D eigenvalue weighted by atomic mass is 16.6. The minimum atomic E-state index is -0.485. The van der Waals surface area contributed by atoms with Crippen molar-refractivity contribution in [3.05, 3.63) is 23.9 Å². The number of nitrogens with one attached hydrogen (secondary N) is 3. The fourth-order valence-corrected chi connectivity index (χ4v) is 2.83. The Kier molecular flexibility index (Phi) is 8.98. The summed E-state index contributed by atoms with van der Waals surface area (Å²) in [5.74, 6) is 1.69. The van der Waals surface area contributed by atoms with Crippen LogP contribution in [0.5, 0.6) is 0 Å². The van der Waals surface area contributed by atoms with Crippen molar-refractivity contribution in [2.75, 3.05) is 51.3 Å². The van der Waals surface area contributed by atoms with Gasteiger partial charge in [0.25, 0.3) is 0 Å². The van der Waals surface area contributed by atoms with Gasteiger partial charge in [-0.3, -0.25) is 4.99 Å². The van der Waals surface area contributed by atoms with Crippen molar-refractivity contribution in [2.24, 2.45) is 4.99 Å². The van der Waals surface area contributed by atoms with Crippen LogP contribution >= 0.6 is 0 Å². The summed E-state index contributed by atoms with van der Waals surface area (Å²) in [5, 5.41) is 9.33. The first-order valence-corrected chi connectivity index (χ1v) is 10.1.